The number of nitrogens with one attached hydrogen (secondary N) is 2. The lowest BCUT2D eigenvalue weighted by molar-refractivity contribution is 0.0950. The molecule has 1 aromatic carbocycles. The Morgan fingerprint density at radius 3 is 2.56 bits per heavy atom. The molecule has 0 aliphatic heterocycles. The maximum Gasteiger partial charge on any atom is 0.274 e. The third-order valence-corrected chi connectivity index (χ3v) is 4.26. The van der Waals surface area contributed by atoms with Crippen LogP contribution in [-0.4, -0.2) is 21.8 Å². The minimum atomic E-state index is -0.358. The number of aryl methyl sites for hydroxylation is 1. The summed E-state index contributed by atoms with van der Waals surface area (Å²) in [5, 5.41) is 5.63. The summed E-state index contributed by atoms with van der Waals surface area (Å²) in [4.78, 5) is 33.1. The molecular weight excluding hydrogens is 340 g/mol. The maximum absolute atomic E-state index is 12.5. The Morgan fingerprint density at radius 2 is 1.78 bits per heavy atom. The monoisotopic (exact) mass is 360 g/mol. The number of rotatable bonds is 5. The van der Waals surface area contributed by atoms with Gasteiger partial charge in [0.25, 0.3) is 11.8 Å². The van der Waals surface area contributed by atoms with Gasteiger partial charge in [0.1, 0.15) is 5.69 Å². The van der Waals surface area contributed by atoms with Crippen LogP contribution < -0.4 is 10.6 Å². The van der Waals surface area contributed by atoms with Crippen molar-refractivity contribution in [2.24, 2.45) is 0 Å². The van der Waals surface area contributed by atoms with Gasteiger partial charge in [-0.05, 0) is 55.3 Å². The van der Waals surface area contributed by atoms with Crippen molar-refractivity contribution >= 4 is 17.5 Å². The Labute approximate surface area is 157 Å². The van der Waals surface area contributed by atoms with Crippen molar-refractivity contribution in [1.82, 2.24) is 15.3 Å². The van der Waals surface area contributed by atoms with Gasteiger partial charge in [-0.25, -0.2) is 0 Å². The van der Waals surface area contributed by atoms with Gasteiger partial charge in [-0.2, -0.15) is 0 Å². The van der Waals surface area contributed by atoms with Crippen LogP contribution in [0.2, 0.25) is 0 Å². The molecule has 2 heterocycles. The molecule has 0 fully saturated rings. The number of nitrogens with zero attached hydrogens (tertiary/aromatic N) is 2. The third kappa shape index (κ3) is 4.55. The van der Waals surface area contributed by atoms with Gasteiger partial charge < -0.3 is 10.6 Å². The first-order valence-corrected chi connectivity index (χ1v) is 8.56. The molecule has 2 N–H and O–H groups in total. The van der Waals surface area contributed by atoms with E-state index in [1.807, 2.05) is 50.2 Å². The van der Waals surface area contributed by atoms with Crippen molar-refractivity contribution in [1.29, 1.82) is 0 Å². The van der Waals surface area contributed by atoms with E-state index >= 15 is 0 Å². The second-order valence-corrected chi connectivity index (χ2v) is 6.14. The van der Waals surface area contributed by atoms with Crippen LogP contribution in [0.5, 0.6) is 0 Å². The summed E-state index contributed by atoms with van der Waals surface area (Å²) in [6.45, 7) is 4.24. The number of anilines is 1. The van der Waals surface area contributed by atoms with E-state index in [2.05, 4.69) is 20.6 Å². The molecule has 0 aliphatic rings. The Kier molecular flexibility index (Phi) is 5.56. The zero-order valence-corrected chi connectivity index (χ0v) is 15.2. The van der Waals surface area contributed by atoms with E-state index in [4.69, 9.17) is 0 Å². The fourth-order valence-corrected chi connectivity index (χ4v) is 2.54. The van der Waals surface area contributed by atoms with Crippen LogP contribution in [0, 0.1) is 13.8 Å². The Morgan fingerprint density at radius 1 is 0.926 bits per heavy atom. The lowest BCUT2D eigenvalue weighted by Gasteiger charge is -2.10. The largest absolute Gasteiger partial charge is 0.346 e. The van der Waals surface area contributed by atoms with Gasteiger partial charge in [-0.1, -0.05) is 18.2 Å². The van der Waals surface area contributed by atoms with E-state index < -0.39 is 0 Å². The van der Waals surface area contributed by atoms with Crippen molar-refractivity contribution in [3.63, 3.8) is 0 Å². The molecule has 2 aromatic heterocycles. The molecule has 0 saturated carbocycles. The number of carbonyl (C=O) groups is 2. The SMILES string of the molecule is Cc1cccc(NC(=O)c2cc(C(=O)NCc3ccccn3)ccn2)c1C. The number of amides is 2. The smallest absolute Gasteiger partial charge is 0.274 e. The highest BCUT2D eigenvalue weighted by molar-refractivity contribution is 6.05. The van der Waals surface area contributed by atoms with Gasteiger partial charge in [0.15, 0.2) is 0 Å². The fraction of sp³-hybridized carbons (Fsp3) is 0.143. The lowest BCUT2D eigenvalue weighted by Crippen LogP contribution is -2.24. The maximum atomic E-state index is 12.5. The fourth-order valence-electron chi connectivity index (χ4n) is 2.54. The normalized spacial score (nSPS) is 10.3. The van der Waals surface area contributed by atoms with Crippen molar-refractivity contribution < 1.29 is 9.59 Å². The van der Waals surface area contributed by atoms with E-state index in [9.17, 15) is 9.59 Å². The highest BCUT2D eigenvalue weighted by atomic mass is 16.2. The summed E-state index contributed by atoms with van der Waals surface area (Å²) in [6.07, 6.45) is 3.12. The predicted octanol–water partition coefficient (Wildman–Crippen LogP) is 3.28. The van der Waals surface area contributed by atoms with E-state index in [0.717, 1.165) is 22.5 Å². The predicted molar refractivity (Wildman–Crippen MR) is 104 cm³/mol. The van der Waals surface area contributed by atoms with Gasteiger partial charge in [-0.3, -0.25) is 19.6 Å². The van der Waals surface area contributed by atoms with Crippen molar-refractivity contribution in [2.45, 2.75) is 20.4 Å². The number of carbonyl (C=O) groups excluding carboxylic acids is 2. The summed E-state index contributed by atoms with van der Waals surface area (Å²) in [6, 6.07) is 14.3. The number of benzene rings is 1. The van der Waals surface area contributed by atoms with Crippen molar-refractivity contribution in [3.05, 3.63) is 89.0 Å². The minimum Gasteiger partial charge on any atom is -0.346 e. The Hall–Kier alpha value is -3.54. The van der Waals surface area contributed by atoms with Crippen LogP contribution in [-0.2, 0) is 6.54 Å². The standard InChI is InChI=1S/C21H20N4O2/c1-14-6-5-8-18(15(14)2)25-21(27)19-12-16(9-11-23-19)20(26)24-13-17-7-3-4-10-22-17/h3-12H,13H2,1-2H3,(H,24,26)(H,25,27). The molecule has 2 amide bonds. The molecule has 0 atom stereocenters. The summed E-state index contributed by atoms with van der Waals surface area (Å²) in [5.41, 5.74) is 4.12. The molecule has 0 radical (unpaired) electrons. The lowest BCUT2D eigenvalue weighted by atomic mass is 10.1. The number of hydrogen-bond acceptors (Lipinski definition) is 4. The average Bonchev–Trinajstić information content (AvgIpc) is 2.70. The van der Waals surface area contributed by atoms with E-state index in [1.165, 1.54) is 12.3 Å². The molecular formula is C21H20N4O2. The second kappa shape index (κ2) is 8.23. The van der Waals surface area contributed by atoms with Gasteiger partial charge in [0, 0.05) is 23.6 Å². The minimum absolute atomic E-state index is 0.182. The molecule has 136 valence electrons. The first-order valence-electron chi connectivity index (χ1n) is 8.56. The van der Waals surface area contributed by atoms with Crippen LogP contribution in [0.3, 0.4) is 0 Å². The molecule has 0 spiro atoms. The molecule has 0 unspecified atom stereocenters. The first-order chi connectivity index (χ1) is 13.0. The summed E-state index contributed by atoms with van der Waals surface area (Å²) >= 11 is 0. The first kappa shape index (κ1) is 18.3. The number of aromatic nitrogens is 2. The number of hydrogen-bond donors (Lipinski definition) is 2. The quantitative estimate of drug-likeness (QED) is 0.731. The van der Waals surface area contributed by atoms with Gasteiger partial charge in [0.2, 0.25) is 0 Å². The highest BCUT2D eigenvalue weighted by Gasteiger charge is 2.13. The Balaban J connectivity index is 1.70. The molecule has 0 bridgehead atoms. The van der Waals surface area contributed by atoms with Crippen molar-refractivity contribution in [2.75, 3.05) is 5.32 Å². The van der Waals surface area contributed by atoms with Crippen LogP contribution >= 0.6 is 0 Å². The molecule has 0 saturated heterocycles. The zero-order valence-electron chi connectivity index (χ0n) is 15.2. The van der Waals surface area contributed by atoms with E-state index in [-0.39, 0.29) is 17.5 Å². The molecule has 3 aromatic rings. The number of pyridine rings is 2. The summed E-state index contributed by atoms with van der Waals surface area (Å²) < 4.78 is 0. The van der Waals surface area contributed by atoms with Crippen molar-refractivity contribution in [3.8, 4) is 0 Å². The third-order valence-electron chi connectivity index (χ3n) is 4.26. The van der Waals surface area contributed by atoms with E-state index in [0.29, 0.717) is 12.1 Å². The topological polar surface area (TPSA) is 84.0 Å². The Bertz CT molecular complexity index is 971. The van der Waals surface area contributed by atoms with Crippen LogP contribution in [0.25, 0.3) is 0 Å². The molecule has 27 heavy (non-hydrogen) atoms. The van der Waals surface area contributed by atoms with Gasteiger partial charge in [0.05, 0.1) is 12.2 Å². The molecule has 3 rings (SSSR count). The molecule has 6 nitrogen and oxygen atoms in total. The van der Waals surface area contributed by atoms with Crippen LogP contribution in [0.1, 0.15) is 37.7 Å². The molecule has 6 heteroatoms. The zero-order chi connectivity index (χ0) is 19.2. The summed E-state index contributed by atoms with van der Waals surface area (Å²) in [5.74, 6) is -0.646. The van der Waals surface area contributed by atoms with Gasteiger partial charge in [-0.15, -0.1) is 0 Å². The van der Waals surface area contributed by atoms with Crippen LogP contribution in [0.15, 0.2) is 60.9 Å². The van der Waals surface area contributed by atoms with Crippen LogP contribution in [0.4, 0.5) is 5.69 Å². The summed E-state index contributed by atoms with van der Waals surface area (Å²) in [7, 11) is 0. The second-order valence-electron chi connectivity index (χ2n) is 6.14. The van der Waals surface area contributed by atoms with E-state index in [1.54, 1.807) is 12.3 Å². The average molecular weight is 360 g/mol. The highest BCUT2D eigenvalue weighted by Crippen LogP contribution is 2.18. The van der Waals surface area contributed by atoms with Gasteiger partial charge >= 0.3 is 0 Å². The molecule has 0 aliphatic carbocycles.